The summed E-state index contributed by atoms with van der Waals surface area (Å²) in [6, 6.07) is 10.0. The number of sulfonamides is 2. The fourth-order valence-corrected chi connectivity index (χ4v) is 13.2. The summed E-state index contributed by atoms with van der Waals surface area (Å²) in [5.41, 5.74) is 5.42. The van der Waals surface area contributed by atoms with Crippen LogP contribution in [0.25, 0.3) is 0 Å². The average molecular weight is 1050 g/mol. The van der Waals surface area contributed by atoms with Gasteiger partial charge in [-0.1, -0.05) is 27.0 Å². The molecule has 0 spiro atoms. The maximum atomic E-state index is 13.8. The molecule has 1 unspecified atom stereocenters. The standard InChI is InChI=1S/C24H37N3O6S.C23H34N4O8S.2CH4/c1-23(2,3)33-22(28)18(15-32-13-12-31-6)21-26-24(4)19-14-17(25)11-10-16(19)8-7-9-20(24)34(29,30)27(21)5;1-22(2,3)35-21(28)26(15-34-13-12-33-6)20-24-23(4)18-14-17(27(29)30)11-10-16(18)8-7-9-19(23)36(31,32)25(20)5;;/h10-11,14,18,20H,7-9,12-13,15,25H2,1-6H3;10-11,14,19H,7-9,12-13,15H2,1-6H3;2*1H4/t18?,20-,24+;19-,23+;;/m00../s1. The molecule has 0 bridgehead atoms. The summed E-state index contributed by atoms with van der Waals surface area (Å²) in [5.74, 6) is -1.68. The van der Waals surface area contributed by atoms with Gasteiger partial charge in [-0.05, 0) is 128 Å². The van der Waals surface area contributed by atoms with E-state index in [4.69, 9.17) is 44.1 Å². The molecular formula is C49H79N7O14S2. The van der Waals surface area contributed by atoms with E-state index < -0.39 is 75.7 Å². The summed E-state index contributed by atoms with van der Waals surface area (Å²) in [6.07, 6.45) is 2.50. The van der Waals surface area contributed by atoms with Crippen molar-refractivity contribution in [2.24, 2.45) is 15.9 Å². The minimum Gasteiger partial charge on any atom is -0.459 e. The predicted octanol–water partition coefficient (Wildman–Crippen LogP) is 6.76. The molecule has 1 amide bonds. The minimum atomic E-state index is -4.02. The maximum absolute atomic E-state index is 13.8. The molecule has 72 heavy (non-hydrogen) atoms. The number of anilines is 1. The number of esters is 1. The van der Waals surface area contributed by atoms with E-state index in [1.165, 1.54) is 33.3 Å². The highest BCUT2D eigenvalue weighted by atomic mass is 32.2. The molecule has 4 aliphatic rings. The number of amidine groups is 1. The van der Waals surface area contributed by atoms with Crippen molar-refractivity contribution in [3.8, 4) is 0 Å². The second-order valence-corrected chi connectivity index (χ2v) is 24.4. The summed E-state index contributed by atoms with van der Waals surface area (Å²) < 4.78 is 89.7. The Kier molecular flexibility index (Phi) is 20.4. The number of carbonyl (C=O) groups excluding carboxylic acids is 2. The number of nitrogens with zero attached hydrogens (tertiary/aromatic N) is 6. The lowest BCUT2D eigenvalue weighted by Gasteiger charge is -2.44. The van der Waals surface area contributed by atoms with Crippen LogP contribution in [0, 0.1) is 16.0 Å². The van der Waals surface area contributed by atoms with Crippen molar-refractivity contribution < 1.29 is 59.8 Å². The van der Waals surface area contributed by atoms with Crippen molar-refractivity contribution in [2.75, 3.05) is 73.8 Å². The third-order valence-electron chi connectivity index (χ3n) is 12.6. The number of nitro groups is 1. The Balaban J connectivity index is 0.000000371. The van der Waals surface area contributed by atoms with E-state index in [1.807, 2.05) is 25.1 Å². The van der Waals surface area contributed by atoms with Crippen molar-refractivity contribution in [3.63, 3.8) is 0 Å². The lowest BCUT2D eigenvalue weighted by Crippen LogP contribution is -2.59. The molecule has 0 aromatic heterocycles. The Morgan fingerprint density at radius 3 is 1.82 bits per heavy atom. The quantitative estimate of drug-likeness (QED) is 0.0543. The molecule has 0 saturated carbocycles. The lowest BCUT2D eigenvalue weighted by atomic mass is 9.85. The second kappa shape index (κ2) is 23.9. The van der Waals surface area contributed by atoms with Crippen LogP contribution < -0.4 is 5.73 Å². The second-order valence-electron chi connectivity index (χ2n) is 20.1. The number of hydrogen-bond donors (Lipinski definition) is 1. The van der Waals surface area contributed by atoms with Crippen LogP contribution in [-0.2, 0) is 77.2 Å². The van der Waals surface area contributed by atoms with Gasteiger partial charge in [0.05, 0.1) is 38.0 Å². The molecule has 2 N–H and O–H groups in total. The van der Waals surface area contributed by atoms with Gasteiger partial charge in [0.1, 0.15) is 51.3 Å². The highest BCUT2D eigenvalue weighted by Crippen LogP contribution is 2.47. The Bertz CT molecular complexity index is 2540. The smallest absolute Gasteiger partial charge is 0.419 e. The van der Waals surface area contributed by atoms with Gasteiger partial charge in [0, 0.05) is 46.1 Å². The number of amides is 1. The molecular weight excluding hydrogens is 975 g/mol. The first kappa shape index (κ1) is 61.4. The van der Waals surface area contributed by atoms with Crippen LogP contribution in [0.15, 0.2) is 46.4 Å². The van der Waals surface area contributed by atoms with Crippen molar-refractivity contribution in [1.82, 2.24) is 13.5 Å². The van der Waals surface area contributed by atoms with Crippen molar-refractivity contribution in [1.29, 1.82) is 0 Å². The molecule has 0 radical (unpaired) electrons. The monoisotopic (exact) mass is 1050 g/mol. The van der Waals surface area contributed by atoms with Gasteiger partial charge >= 0.3 is 12.1 Å². The number of nitro benzene ring substituents is 1. The fraction of sp³-hybridized carbons (Fsp3) is 0.673. The number of fused-ring (bicyclic) bond motifs is 6. The van der Waals surface area contributed by atoms with Crippen LogP contribution in [0.5, 0.6) is 0 Å². The zero-order valence-corrected chi connectivity index (χ0v) is 44.1. The van der Waals surface area contributed by atoms with Crippen LogP contribution in [0.4, 0.5) is 16.2 Å². The third kappa shape index (κ3) is 13.4. The summed E-state index contributed by atoms with van der Waals surface area (Å²) in [7, 11) is -2.02. The number of methoxy groups -OCH3 is 2. The number of aliphatic imine (C=N–C) groups is 2. The molecule has 23 heteroatoms. The first-order valence-electron chi connectivity index (χ1n) is 23.2. The molecule has 2 aromatic rings. The van der Waals surface area contributed by atoms with E-state index in [2.05, 4.69) is 0 Å². The molecule has 406 valence electrons. The third-order valence-corrected chi connectivity index (χ3v) is 17.3. The lowest BCUT2D eigenvalue weighted by molar-refractivity contribution is -0.385. The van der Waals surface area contributed by atoms with E-state index in [-0.39, 0.29) is 65.5 Å². The van der Waals surface area contributed by atoms with Crippen molar-refractivity contribution in [3.05, 3.63) is 68.8 Å². The molecule has 0 saturated heterocycles. The van der Waals surface area contributed by atoms with Crippen LogP contribution in [0.2, 0.25) is 0 Å². The molecule has 21 nitrogen and oxygen atoms in total. The van der Waals surface area contributed by atoms with Crippen LogP contribution in [0.3, 0.4) is 0 Å². The predicted molar refractivity (Wildman–Crippen MR) is 277 cm³/mol. The minimum absolute atomic E-state index is 0. The zero-order valence-electron chi connectivity index (χ0n) is 42.5. The van der Waals surface area contributed by atoms with Gasteiger partial charge in [-0.25, -0.2) is 35.8 Å². The molecule has 2 heterocycles. The summed E-state index contributed by atoms with van der Waals surface area (Å²) in [6.45, 7) is 14.4. The van der Waals surface area contributed by atoms with Crippen LogP contribution >= 0.6 is 0 Å². The summed E-state index contributed by atoms with van der Waals surface area (Å²) in [5, 5.41) is 9.78. The van der Waals surface area contributed by atoms with E-state index in [0.29, 0.717) is 50.0 Å². The number of aryl methyl sites for hydroxylation is 2. The number of guanidine groups is 1. The highest BCUT2D eigenvalue weighted by molar-refractivity contribution is 7.90. The van der Waals surface area contributed by atoms with E-state index >= 15 is 0 Å². The number of non-ortho nitro benzene ring substituents is 1. The Morgan fingerprint density at radius 1 is 0.792 bits per heavy atom. The van der Waals surface area contributed by atoms with E-state index in [9.17, 15) is 36.5 Å². The van der Waals surface area contributed by atoms with Crippen LogP contribution in [-0.4, -0.2) is 149 Å². The van der Waals surface area contributed by atoms with Gasteiger partial charge in [-0.15, -0.1) is 0 Å². The van der Waals surface area contributed by atoms with Gasteiger partial charge < -0.3 is 34.2 Å². The Morgan fingerprint density at radius 2 is 1.29 bits per heavy atom. The van der Waals surface area contributed by atoms with Gasteiger partial charge in [-0.3, -0.25) is 24.2 Å². The largest absolute Gasteiger partial charge is 0.459 e. The molecule has 5 atom stereocenters. The summed E-state index contributed by atoms with van der Waals surface area (Å²) in [4.78, 5) is 48.3. The van der Waals surface area contributed by atoms with Crippen LogP contribution in [0.1, 0.15) is 118 Å². The first-order chi connectivity index (χ1) is 32.5. The molecule has 0 fully saturated rings. The van der Waals surface area contributed by atoms with Gasteiger partial charge in [-0.2, -0.15) is 0 Å². The maximum Gasteiger partial charge on any atom is 0.419 e. The average Bonchev–Trinajstić information content (AvgIpc) is 3.50. The number of nitrogen functional groups attached to an aromatic ring is 1. The fourth-order valence-electron chi connectivity index (χ4n) is 9.17. The van der Waals surface area contributed by atoms with Crippen molar-refractivity contribution in [2.45, 2.75) is 142 Å². The van der Waals surface area contributed by atoms with Gasteiger partial charge in [0.25, 0.3) is 5.69 Å². The summed E-state index contributed by atoms with van der Waals surface area (Å²) >= 11 is 0. The SMILES string of the molecule is C.C.COCCOCC(C(=O)OC(C)(C)C)C1=N[C@]2(C)c3cc(N)ccc3CCC[C@@H]2S(=O)(=O)N1C.COCCOCN(C(=O)OC(C)(C)C)C1=N[C@]2(C)c3cc([N+](=O)[O-])ccc3CCC[C@@H]2S(=O)(=O)N1C. The Hall–Kier alpha value is -4.94. The molecule has 6 rings (SSSR count). The number of benzene rings is 2. The van der Waals surface area contributed by atoms with Gasteiger partial charge in [0.15, 0.2) is 0 Å². The topological polar surface area (TPSA) is 261 Å². The van der Waals surface area contributed by atoms with Gasteiger partial charge in [0.2, 0.25) is 26.0 Å². The zero-order chi connectivity index (χ0) is 52.2. The van der Waals surface area contributed by atoms with E-state index in [0.717, 1.165) is 36.6 Å². The number of ether oxygens (including phenoxy) is 6. The normalized spacial score (nSPS) is 23.3. The molecule has 2 aliphatic heterocycles. The van der Waals surface area contributed by atoms with E-state index in [1.54, 1.807) is 61.6 Å². The molecule has 2 aromatic carbocycles. The number of hydrogen-bond acceptors (Lipinski definition) is 17. The molecule has 2 aliphatic carbocycles. The number of rotatable bonds is 13. The van der Waals surface area contributed by atoms with Crippen molar-refractivity contribution >= 4 is 55.3 Å². The first-order valence-corrected chi connectivity index (χ1v) is 26.2. The number of nitrogens with two attached hydrogens (primary N) is 1. The Labute approximate surface area is 427 Å². The highest BCUT2D eigenvalue weighted by Gasteiger charge is 2.55. The number of carbonyl (C=O) groups is 2.